The van der Waals surface area contributed by atoms with Gasteiger partial charge in [-0.1, -0.05) is 48.5 Å². The Kier molecular flexibility index (Phi) is 6.15. The largest absolute Gasteiger partial charge is 0.493 e. The summed E-state index contributed by atoms with van der Waals surface area (Å²) < 4.78 is 16.8. The van der Waals surface area contributed by atoms with E-state index in [1.807, 2.05) is 54.6 Å². The third-order valence-electron chi connectivity index (χ3n) is 4.15. The molecule has 5 nitrogen and oxygen atoms in total. The molecule has 0 aliphatic heterocycles. The second-order valence-corrected chi connectivity index (χ2v) is 6.03. The predicted molar refractivity (Wildman–Crippen MR) is 106 cm³/mol. The molecule has 0 aromatic heterocycles. The van der Waals surface area contributed by atoms with Crippen molar-refractivity contribution < 1.29 is 19.0 Å². The fourth-order valence-electron chi connectivity index (χ4n) is 2.76. The lowest BCUT2D eigenvalue weighted by Gasteiger charge is -2.17. The zero-order valence-electron chi connectivity index (χ0n) is 15.5. The van der Waals surface area contributed by atoms with Crippen LogP contribution in [0.3, 0.4) is 0 Å². The van der Waals surface area contributed by atoms with Gasteiger partial charge in [-0.25, -0.2) is 0 Å². The maximum absolute atomic E-state index is 12.2. The molecule has 1 atom stereocenters. The van der Waals surface area contributed by atoms with Crippen LogP contribution in [0, 0.1) is 0 Å². The number of methoxy groups -OCH3 is 1. The molecular formula is C22H23NO4. The number of nitrogens with one attached hydrogen (secondary N) is 1. The Bertz CT molecular complexity index is 904. The number of hydrogen-bond donors (Lipinski definition) is 1. The fraction of sp³-hybridized carbons (Fsp3) is 0.227. The first kappa shape index (κ1) is 18.6. The van der Waals surface area contributed by atoms with Gasteiger partial charge in [0.05, 0.1) is 13.7 Å². The van der Waals surface area contributed by atoms with E-state index in [9.17, 15) is 4.79 Å². The summed E-state index contributed by atoms with van der Waals surface area (Å²) in [5, 5.41) is 5.01. The molecule has 0 radical (unpaired) electrons. The molecule has 0 bridgehead atoms. The molecule has 0 aliphatic rings. The quantitative estimate of drug-likeness (QED) is 0.617. The smallest absolute Gasteiger partial charge is 0.260 e. The highest BCUT2D eigenvalue weighted by Crippen LogP contribution is 2.27. The first-order chi connectivity index (χ1) is 13.2. The summed E-state index contributed by atoms with van der Waals surface area (Å²) in [6.45, 7) is 2.47. The highest BCUT2D eigenvalue weighted by atomic mass is 16.5. The van der Waals surface area contributed by atoms with Crippen molar-refractivity contribution in [2.45, 2.75) is 13.0 Å². The van der Waals surface area contributed by atoms with E-state index < -0.39 is 6.10 Å². The van der Waals surface area contributed by atoms with Gasteiger partial charge in [-0.3, -0.25) is 4.79 Å². The standard InChI is InChI=1S/C22H23NO4/c1-16(27-21-12-6-5-11-20(21)25-2)22(24)23-14-15-26-19-13-7-9-17-8-3-4-10-18(17)19/h3-13,16H,14-15H2,1-2H3,(H,23,24)/t16-/m0/s1. The summed E-state index contributed by atoms with van der Waals surface area (Å²) in [4.78, 5) is 12.2. The SMILES string of the molecule is COc1ccccc1O[C@@H](C)C(=O)NCCOc1cccc2ccccc12. The van der Waals surface area contributed by atoms with Crippen LogP contribution >= 0.6 is 0 Å². The summed E-state index contributed by atoms with van der Waals surface area (Å²) in [7, 11) is 1.57. The van der Waals surface area contributed by atoms with Crippen LogP contribution in [-0.2, 0) is 4.79 Å². The van der Waals surface area contributed by atoms with Crippen LogP contribution < -0.4 is 19.5 Å². The topological polar surface area (TPSA) is 56.8 Å². The van der Waals surface area contributed by atoms with Crippen molar-refractivity contribution >= 4 is 16.7 Å². The van der Waals surface area contributed by atoms with Gasteiger partial charge >= 0.3 is 0 Å². The maximum Gasteiger partial charge on any atom is 0.260 e. The van der Waals surface area contributed by atoms with Crippen molar-refractivity contribution in [3.05, 3.63) is 66.7 Å². The number of benzene rings is 3. The minimum Gasteiger partial charge on any atom is -0.493 e. The van der Waals surface area contributed by atoms with E-state index in [1.165, 1.54) is 0 Å². The number of carbonyl (C=O) groups excluding carboxylic acids is 1. The molecule has 3 rings (SSSR count). The van der Waals surface area contributed by atoms with Crippen LogP contribution in [0.5, 0.6) is 17.2 Å². The predicted octanol–water partition coefficient (Wildman–Crippen LogP) is 3.81. The lowest BCUT2D eigenvalue weighted by atomic mass is 10.1. The van der Waals surface area contributed by atoms with Crippen LogP contribution in [0.4, 0.5) is 0 Å². The van der Waals surface area contributed by atoms with Gasteiger partial charge in [-0.05, 0) is 30.5 Å². The molecule has 0 spiro atoms. The van der Waals surface area contributed by atoms with E-state index in [-0.39, 0.29) is 5.91 Å². The first-order valence-electron chi connectivity index (χ1n) is 8.87. The number of ether oxygens (including phenoxy) is 3. The zero-order valence-corrected chi connectivity index (χ0v) is 15.5. The van der Waals surface area contributed by atoms with E-state index in [4.69, 9.17) is 14.2 Å². The van der Waals surface area contributed by atoms with Crippen molar-refractivity contribution in [3.8, 4) is 17.2 Å². The molecule has 0 saturated heterocycles. The van der Waals surface area contributed by atoms with Crippen molar-refractivity contribution in [2.75, 3.05) is 20.3 Å². The van der Waals surface area contributed by atoms with E-state index >= 15 is 0 Å². The molecule has 5 heteroatoms. The van der Waals surface area contributed by atoms with Gasteiger partial charge in [-0.15, -0.1) is 0 Å². The Hall–Kier alpha value is -3.21. The third kappa shape index (κ3) is 4.70. The lowest BCUT2D eigenvalue weighted by molar-refractivity contribution is -0.127. The van der Waals surface area contributed by atoms with Crippen molar-refractivity contribution in [1.82, 2.24) is 5.32 Å². The molecule has 27 heavy (non-hydrogen) atoms. The minimum atomic E-state index is -0.640. The Morgan fingerprint density at radius 1 is 0.926 bits per heavy atom. The number of rotatable bonds is 8. The van der Waals surface area contributed by atoms with Crippen LogP contribution in [0.2, 0.25) is 0 Å². The van der Waals surface area contributed by atoms with Crippen LogP contribution in [0.1, 0.15) is 6.92 Å². The number of carbonyl (C=O) groups is 1. The van der Waals surface area contributed by atoms with E-state index in [1.54, 1.807) is 26.2 Å². The van der Waals surface area contributed by atoms with Gasteiger partial charge in [0.25, 0.3) is 5.91 Å². The van der Waals surface area contributed by atoms with Crippen LogP contribution in [0.25, 0.3) is 10.8 Å². The third-order valence-corrected chi connectivity index (χ3v) is 4.15. The highest BCUT2D eigenvalue weighted by molar-refractivity contribution is 5.88. The Balaban J connectivity index is 1.49. The van der Waals surface area contributed by atoms with Crippen LogP contribution in [-0.4, -0.2) is 32.3 Å². The molecule has 0 fully saturated rings. The molecule has 1 amide bonds. The summed E-state index contributed by atoms with van der Waals surface area (Å²) in [5.74, 6) is 1.73. The molecule has 1 N–H and O–H groups in total. The van der Waals surface area contributed by atoms with Gasteiger partial charge in [0, 0.05) is 5.39 Å². The summed E-state index contributed by atoms with van der Waals surface area (Å²) in [6.07, 6.45) is -0.640. The number of amides is 1. The second-order valence-electron chi connectivity index (χ2n) is 6.03. The summed E-state index contributed by atoms with van der Waals surface area (Å²) in [6, 6.07) is 21.2. The van der Waals surface area contributed by atoms with E-state index in [2.05, 4.69) is 5.32 Å². The fourth-order valence-corrected chi connectivity index (χ4v) is 2.76. The number of fused-ring (bicyclic) bond motifs is 1. The van der Waals surface area contributed by atoms with Crippen LogP contribution in [0.15, 0.2) is 66.7 Å². The molecule has 0 saturated carbocycles. The average Bonchev–Trinajstić information content (AvgIpc) is 2.71. The number of hydrogen-bond acceptors (Lipinski definition) is 4. The first-order valence-corrected chi connectivity index (χ1v) is 8.87. The highest BCUT2D eigenvalue weighted by Gasteiger charge is 2.16. The average molecular weight is 365 g/mol. The minimum absolute atomic E-state index is 0.206. The Morgan fingerprint density at radius 3 is 2.41 bits per heavy atom. The Morgan fingerprint density at radius 2 is 1.59 bits per heavy atom. The summed E-state index contributed by atoms with van der Waals surface area (Å²) >= 11 is 0. The molecule has 3 aromatic rings. The van der Waals surface area contributed by atoms with Crippen molar-refractivity contribution in [1.29, 1.82) is 0 Å². The molecule has 0 heterocycles. The maximum atomic E-state index is 12.2. The van der Waals surface area contributed by atoms with Gasteiger partial charge < -0.3 is 19.5 Å². The zero-order chi connectivity index (χ0) is 19.1. The van der Waals surface area contributed by atoms with Gasteiger partial charge in [0.15, 0.2) is 17.6 Å². The van der Waals surface area contributed by atoms with Gasteiger partial charge in [-0.2, -0.15) is 0 Å². The Labute approximate surface area is 158 Å². The normalized spacial score (nSPS) is 11.6. The lowest BCUT2D eigenvalue weighted by Crippen LogP contribution is -2.38. The van der Waals surface area contributed by atoms with Gasteiger partial charge in [0.1, 0.15) is 12.4 Å². The van der Waals surface area contributed by atoms with Crippen molar-refractivity contribution in [2.24, 2.45) is 0 Å². The monoisotopic (exact) mass is 365 g/mol. The molecule has 0 unspecified atom stereocenters. The molecule has 0 aliphatic carbocycles. The van der Waals surface area contributed by atoms with Gasteiger partial charge in [0.2, 0.25) is 0 Å². The summed E-state index contributed by atoms with van der Waals surface area (Å²) in [5.41, 5.74) is 0. The molecular weight excluding hydrogens is 342 g/mol. The van der Waals surface area contributed by atoms with E-state index in [0.717, 1.165) is 16.5 Å². The second kappa shape index (κ2) is 8.94. The molecule has 3 aromatic carbocycles. The molecule has 140 valence electrons. The van der Waals surface area contributed by atoms with E-state index in [0.29, 0.717) is 24.7 Å². The number of para-hydroxylation sites is 2. The van der Waals surface area contributed by atoms with Crippen molar-refractivity contribution in [3.63, 3.8) is 0 Å².